The predicted octanol–water partition coefficient (Wildman–Crippen LogP) is 4.53. The van der Waals surface area contributed by atoms with Gasteiger partial charge in [-0.3, -0.25) is 0 Å². The van der Waals surface area contributed by atoms with Gasteiger partial charge in [0, 0.05) is 4.47 Å². The van der Waals surface area contributed by atoms with Crippen molar-refractivity contribution in [3.8, 4) is 0 Å². The first-order chi connectivity index (χ1) is 8.18. The number of hydrogen-bond donors (Lipinski definition) is 1. The van der Waals surface area contributed by atoms with Gasteiger partial charge in [0.15, 0.2) is 0 Å². The third kappa shape index (κ3) is 1.71. The monoisotopic (exact) mass is 290 g/mol. The summed E-state index contributed by atoms with van der Waals surface area (Å²) in [5.41, 5.74) is 2.44. The van der Waals surface area contributed by atoms with Gasteiger partial charge in [-0.2, -0.15) is 0 Å². The fraction of sp³-hybridized carbons (Fsp3) is 0.333. The summed E-state index contributed by atoms with van der Waals surface area (Å²) in [6.07, 6.45) is 1.64. The average Bonchev–Trinajstić information content (AvgIpc) is 2.34. The lowest BCUT2D eigenvalue weighted by molar-refractivity contribution is 0.152. The normalized spacial score (nSPS) is 23.7. The highest BCUT2D eigenvalue weighted by Gasteiger charge is 2.25. The second-order valence-corrected chi connectivity index (χ2v) is 5.76. The predicted molar refractivity (Wildman–Crippen MR) is 74.3 cm³/mol. The van der Waals surface area contributed by atoms with Gasteiger partial charge in [0.25, 0.3) is 0 Å². The van der Waals surface area contributed by atoms with E-state index in [1.54, 1.807) is 0 Å². The van der Waals surface area contributed by atoms with Crippen LogP contribution >= 0.6 is 15.9 Å². The van der Waals surface area contributed by atoms with Crippen LogP contribution in [0.25, 0.3) is 10.8 Å². The molecule has 2 unspecified atom stereocenters. The van der Waals surface area contributed by atoms with E-state index in [0.717, 1.165) is 22.9 Å². The first-order valence-corrected chi connectivity index (χ1v) is 6.87. The number of hydrogen-bond acceptors (Lipinski definition) is 1. The summed E-state index contributed by atoms with van der Waals surface area (Å²) >= 11 is 3.61. The highest BCUT2D eigenvalue weighted by atomic mass is 79.9. The molecule has 0 heterocycles. The molecule has 1 nitrogen and oxygen atoms in total. The lowest BCUT2D eigenvalue weighted by Gasteiger charge is -2.28. The lowest BCUT2D eigenvalue weighted by Crippen LogP contribution is -2.13. The zero-order valence-electron chi connectivity index (χ0n) is 9.78. The number of aliphatic hydroxyl groups excluding tert-OH is 1. The maximum atomic E-state index is 10.1. The molecule has 1 aliphatic rings. The van der Waals surface area contributed by atoms with Gasteiger partial charge in [0.05, 0.1) is 6.10 Å². The van der Waals surface area contributed by atoms with Crippen LogP contribution in [0, 0.1) is 0 Å². The third-order valence-corrected chi connectivity index (χ3v) is 4.45. The molecule has 3 rings (SSSR count). The Bertz CT molecular complexity index is 576. The molecule has 0 aliphatic heterocycles. The summed E-state index contributed by atoms with van der Waals surface area (Å²) in [6.45, 7) is 2.26. The lowest BCUT2D eigenvalue weighted by atomic mass is 9.79. The fourth-order valence-corrected chi connectivity index (χ4v) is 3.50. The van der Waals surface area contributed by atoms with Crippen LogP contribution < -0.4 is 0 Å². The van der Waals surface area contributed by atoms with Crippen LogP contribution in [-0.4, -0.2) is 5.11 Å². The van der Waals surface area contributed by atoms with Crippen molar-refractivity contribution >= 4 is 26.7 Å². The summed E-state index contributed by atoms with van der Waals surface area (Å²) < 4.78 is 1.08. The zero-order chi connectivity index (χ0) is 12.0. The summed E-state index contributed by atoms with van der Waals surface area (Å²) in [5, 5.41) is 12.7. The van der Waals surface area contributed by atoms with Gasteiger partial charge in [-0.15, -0.1) is 0 Å². The van der Waals surface area contributed by atoms with Crippen LogP contribution in [0.3, 0.4) is 0 Å². The summed E-state index contributed by atoms with van der Waals surface area (Å²) in [4.78, 5) is 0. The van der Waals surface area contributed by atoms with Crippen molar-refractivity contribution in [2.24, 2.45) is 0 Å². The molecule has 0 bridgehead atoms. The van der Waals surface area contributed by atoms with E-state index >= 15 is 0 Å². The molecule has 2 heteroatoms. The van der Waals surface area contributed by atoms with Gasteiger partial charge < -0.3 is 5.11 Å². The Hall–Kier alpha value is -0.860. The molecule has 1 aliphatic carbocycles. The van der Waals surface area contributed by atoms with E-state index in [4.69, 9.17) is 0 Å². The molecular formula is C15H15BrO. The molecule has 0 amide bonds. The van der Waals surface area contributed by atoms with E-state index < -0.39 is 0 Å². The number of aliphatic hydroxyl groups is 1. The third-order valence-electron chi connectivity index (χ3n) is 3.79. The minimum atomic E-state index is -0.304. The number of rotatable bonds is 0. The van der Waals surface area contributed by atoms with Gasteiger partial charge >= 0.3 is 0 Å². The van der Waals surface area contributed by atoms with Crippen molar-refractivity contribution in [1.82, 2.24) is 0 Å². The quantitative estimate of drug-likeness (QED) is 0.756. The minimum Gasteiger partial charge on any atom is -0.388 e. The molecule has 17 heavy (non-hydrogen) atoms. The van der Waals surface area contributed by atoms with Gasteiger partial charge in [-0.1, -0.05) is 47.1 Å². The summed E-state index contributed by atoms with van der Waals surface area (Å²) in [5.74, 6) is 0.534. The van der Waals surface area contributed by atoms with Crippen LogP contribution in [0.15, 0.2) is 34.8 Å². The topological polar surface area (TPSA) is 20.2 Å². The van der Waals surface area contributed by atoms with Crippen molar-refractivity contribution in [3.05, 3.63) is 45.9 Å². The molecule has 0 radical (unpaired) electrons. The molecule has 0 aromatic heterocycles. The van der Waals surface area contributed by atoms with Crippen LogP contribution in [0.5, 0.6) is 0 Å². The van der Waals surface area contributed by atoms with E-state index in [9.17, 15) is 5.11 Å². The van der Waals surface area contributed by atoms with E-state index in [1.165, 1.54) is 16.3 Å². The first kappa shape index (κ1) is 11.2. The maximum Gasteiger partial charge on any atom is 0.0793 e. The molecule has 0 spiro atoms. The van der Waals surface area contributed by atoms with Crippen molar-refractivity contribution < 1.29 is 5.11 Å². The summed E-state index contributed by atoms with van der Waals surface area (Å²) in [7, 11) is 0. The van der Waals surface area contributed by atoms with Crippen LogP contribution in [0.2, 0.25) is 0 Å². The smallest absolute Gasteiger partial charge is 0.0793 e. The van der Waals surface area contributed by atoms with Gasteiger partial charge in [0.1, 0.15) is 0 Å². The van der Waals surface area contributed by atoms with Crippen LogP contribution in [0.4, 0.5) is 0 Å². The van der Waals surface area contributed by atoms with E-state index in [2.05, 4.69) is 53.2 Å². The largest absolute Gasteiger partial charge is 0.388 e. The standard InChI is InChI=1S/C15H15BrO/c1-9-6-7-14(17)12-8-13(16)10-4-2-3-5-11(10)15(9)12/h2-5,8-9,14,17H,6-7H2,1H3. The van der Waals surface area contributed by atoms with Crippen molar-refractivity contribution in [2.45, 2.75) is 31.8 Å². The van der Waals surface area contributed by atoms with Gasteiger partial charge in [-0.05, 0) is 46.7 Å². The Balaban J connectivity index is 2.41. The Kier molecular flexibility index (Phi) is 2.72. The number of benzene rings is 2. The Morgan fingerprint density at radius 2 is 1.88 bits per heavy atom. The molecule has 2 aromatic rings. The number of fused-ring (bicyclic) bond motifs is 3. The van der Waals surface area contributed by atoms with Gasteiger partial charge in [0.2, 0.25) is 0 Å². The minimum absolute atomic E-state index is 0.304. The molecule has 2 atom stereocenters. The first-order valence-electron chi connectivity index (χ1n) is 6.07. The van der Waals surface area contributed by atoms with E-state index in [0.29, 0.717) is 5.92 Å². The van der Waals surface area contributed by atoms with E-state index in [-0.39, 0.29) is 6.10 Å². The van der Waals surface area contributed by atoms with E-state index in [1.807, 2.05) is 0 Å². The molecule has 2 aromatic carbocycles. The Morgan fingerprint density at radius 1 is 1.18 bits per heavy atom. The fourth-order valence-electron chi connectivity index (χ4n) is 2.91. The molecule has 0 saturated carbocycles. The SMILES string of the molecule is CC1CCC(O)c2cc(Br)c3ccccc3c21. The molecular weight excluding hydrogens is 276 g/mol. The van der Waals surface area contributed by atoms with Crippen molar-refractivity contribution in [1.29, 1.82) is 0 Å². The number of halogens is 1. The Morgan fingerprint density at radius 3 is 2.65 bits per heavy atom. The van der Waals surface area contributed by atoms with Crippen molar-refractivity contribution in [2.75, 3.05) is 0 Å². The zero-order valence-corrected chi connectivity index (χ0v) is 11.4. The second kappa shape index (κ2) is 4.11. The van der Waals surface area contributed by atoms with Crippen LogP contribution in [-0.2, 0) is 0 Å². The second-order valence-electron chi connectivity index (χ2n) is 4.90. The average molecular weight is 291 g/mol. The molecule has 0 saturated heterocycles. The summed E-state index contributed by atoms with van der Waals surface area (Å²) in [6, 6.07) is 10.5. The van der Waals surface area contributed by atoms with Crippen molar-refractivity contribution in [3.63, 3.8) is 0 Å². The molecule has 1 N–H and O–H groups in total. The molecule has 88 valence electrons. The maximum absolute atomic E-state index is 10.1. The van der Waals surface area contributed by atoms with Gasteiger partial charge in [-0.25, -0.2) is 0 Å². The van der Waals surface area contributed by atoms with Crippen LogP contribution in [0.1, 0.15) is 42.9 Å². The highest BCUT2D eigenvalue weighted by Crippen LogP contribution is 2.43. The highest BCUT2D eigenvalue weighted by molar-refractivity contribution is 9.10. The molecule has 0 fully saturated rings. The Labute approximate surface area is 110 Å².